The van der Waals surface area contributed by atoms with Crippen LogP contribution in [-0.2, 0) is 125 Å². The minimum atomic E-state index is -2.10. The van der Waals surface area contributed by atoms with Crippen LogP contribution in [0.3, 0.4) is 0 Å². The first-order valence-corrected chi connectivity index (χ1v) is 45.0. The summed E-state index contributed by atoms with van der Waals surface area (Å²) in [5, 5.41) is 78.7. The van der Waals surface area contributed by atoms with Gasteiger partial charge in [-0.1, -0.05) is 139 Å². The van der Waals surface area contributed by atoms with Crippen LogP contribution >= 0.6 is 37.9 Å². The molecule has 0 saturated heterocycles. The van der Waals surface area contributed by atoms with Crippen molar-refractivity contribution >= 4 is 168 Å². The third kappa shape index (κ3) is 41.4. The van der Waals surface area contributed by atoms with Crippen LogP contribution in [0.2, 0.25) is 0 Å². The number of aliphatic hydroxyl groups is 3. The minimum Gasteiger partial charge on any atom is -0.480 e. The molecule has 32 N–H and O–H groups in total. The first kappa shape index (κ1) is 117. The van der Waals surface area contributed by atoms with Crippen LogP contribution in [0, 0.1) is 17.8 Å². The molecule has 136 heavy (non-hydrogen) atoms. The van der Waals surface area contributed by atoms with Gasteiger partial charge in [0, 0.05) is 49.4 Å². The molecule has 750 valence electrons. The third-order valence-corrected chi connectivity index (χ3v) is 21.9. The summed E-state index contributed by atoms with van der Waals surface area (Å²) in [7, 11) is 0. The fourth-order valence-electron chi connectivity index (χ4n) is 12.9. The number of carboxylic acids is 1. The van der Waals surface area contributed by atoms with Gasteiger partial charge in [-0.15, -0.1) is 0 Å². The molecule has 0 fully saturated rings. The van der Waals surface area contributed by atoms with E-state index >= 15 is 0 Å². The van der Waals surface area contributed by atoms with Gasteiger partial charge in [0.2, 0.25) is 124 Å². The summed E-state index contributed by atoms with van der Waals surface area (Å²) in [6.07, 6.45) is -7.18. The molecule has 0 bridgehead atoms. The number of thiol groups is 3. The molecular weight excluding hydrogens is 1840 g/mol. The minimum absolute atomic E-state index is 0.135. The van der Waals surface area contributed by atoms with E-state index in [4.69, 9.17) is 34.4 Å². The van der Waals surface area contributed by atoms with Gasteiger partial charge in [-0.05, 0) is 60.6 Å². The summed E-state index contributed by atoms with van der Waals surface area (Å²) in [5.74, 6) is -29.1. The van der Waals surface area contributed by atoms with E-state index < -0.39 is 320 Å². The number of aliphatic hydroxyl groups excluding tert-OH is 3. The zero-order chi connectivity index (χ0) is 102. The predicted molar refractivity (Wildman–Crippen MR) is 496 cm³/mol. The SMILES string of the molecule is CC[C@H](C)[C@H](N)C(=O)N[C@H](C(=O)N[C@@H](Cc1ccccc1)C(=O)N[C@@H](CO)C(=O)N[C@@H](CS)C(=O)N[C@@H](Cc1ccccc1)C(=O)N[C@@H](Cc1ccccc1)C(=O)N[C@@H](CS)C(=O)N[C@@H](CC(N)=O)C(=O)N[C@@H](CC(N)=O)C(=O)N[C@@H](CS)C(=O)N[C@@H](CO)C(=O)N[C@@H](CCC(N)=O)C(=O)N[C@H](C(=O)N[C@@H](CC(N)=O)C(=O)N[C@@H](CC(C)C)C(=O)N[C@@H](CCC(N)=O)C(=O)O)C(C)C)[C@@H](C)O. The summed E-state index contributed by atoms with van der Waals surface area (Å²) in [5.41, 5.74) is 34.4. The molecule has 0 aromatic heterocycles. The average Bonchev–Trinajstić information content (AvgIpc) is 0.855. The molecule has 3 rings (SSSR count). The van der Waals surface area contributed by atoms with Gasteiger partial charge in [-0.3, -0.25) is 101 Å². The largest absolute Gasteiger partial charge is 0.480 e. The molecule has 3 aromatic carbocycles. The maximum Gasteiger partial charge on any atom is 0.326 e. The topological polar surface area (TPSA) is 805 Å². The molecule has 0 aliphatic rings. The van der Waals surface area contributed by atoms with E-state index in [1.165, 1.54) is 20.8 Å². The van der Waals surface area contributed by atoms with Gasteiger partial charge in [0.1, 0.15) is 96.7 Å². The summed E-state index contributed by atoms with van der Waals surface area (Å²) in [6, 6.07) is -5.24. The van der Waals surface area contributed by atoms with Gasteiger partial charge in [0.15, 0.2) is 0 Å². The van der Waals surface area contributed by atoms with Gasteiger partial charge in [-0.2, -0.15) is 37.9 Å². The molecule has 19 atom stereocenters. The Balaban J connectivity index is 1.89. The molecule has 0 unspecified atom stereocenters. The van der Waals surface area contributed by atoms with Gasteiger partial charge in [0.05, 0.1) is 44.6 Å². The van der Waals surface area contributed by atoms with Crippen molar-refractivity contribution in [2.75, 3.05) is 30.5 Å². The lowest BCUT2D eigenvalue weighted by Crippen LogP contribution is -2.62. The highest BCUT2D eigenvalue weighted by molar-refractivity contribution is 7.80. The highest BCUT2D eigenvalue weighted by atomic mass is 32.1. The van der Waals surface area contributed by atoms with Crippen molar-refractivity contribution in [2.24, 2.45) is 52.2 Å². The monoisotopic (exact) mass is 1970 g/mol. The summed E-state index contributed by atoms with van der Waals surface area (Å²) < 4.78 is 0. The Morgan fingerprint density at radius 2 is 0.559 bits per heavy atom. The number of nitrogens with one attached hydrogen (secondary N) is 16. The molecule has 3 aromatic rings. The summed E-state index contributed by atoms with van der Waals surface area (Å²) >= 11 is 12.6. The lowest BCUT2D eigenvalue weighted by Gasteiger charge is -2.29. The first-order valence-electron chi connectivity index (χ1n) is 43.1. The number of hydrogen-bond donors (Lipinski definition) is 29. The Kier molecular flexibility index (Phi) is 51.3. The summed E-state index contributed by atoms with van der Waals surface area (Å²) in [4.78, 5) is 298. The number of hydrogen-bond acceptors (Lipinski definition) is 29. The van der Waals surface area contributed by atoms with Crippen LogP contribution in [0.4, 0.5) is 0 Å². The average molecular weight is 1970 g/mol. The molecular formula is C85H126N22O26S3. The lowest BCUT2D eigenvalue weighted by atomic mass is 9.98. The lowest BCUT2D eigenvalue weighted by molar-refractivity contribution is -0.143. The summed E-state index contributed by atoms with van der Waals surface area (Å²) in [6.45, 7) is 8.44. The van der Waals surface area contributed by atoms with Crippen LogP contribution in [-0.4, -0.2) is 290 Å². The van der Waals surface area contributed by atoms with Crippen LogP contribution in [0.5, 0.6) is 0 Å². The first-order chi connectivity index (χ1) is 64.0. The van der Waals surface area contributed by atoms with Crippen molar-refractivity contribution in [3.05, 3.63) is 108 Å². The van der Waals surface area contributed by atoms with Gasteiger partial charge < -0.3 is 140 Å². The van der Waals surface area contributed by atoms with Crippen LogP contribution in [0.25, 0.3) is 0 Å². The van der Waals surface area contributed by atoms with Crippen molar-refractivity contribution in [2.45, 2.75) is 234 Å². The second-order valence-electron chi connectivity index (χ2n) is 32.7. The van der Waals surface area contributed by atoms with Crippen molar-refractivity contribution in [3.8, 4) is 0 Å². The molecule has 21 amide bonds. The molecule has 0 heterocycles. The number of carboxylic acid groups (broad SMARTS) is 1. The van der Waals surface area contributed by atoms with Crippen molar-refractivity contribution in [1.82, 2.24) is 85.1 Å². The highest BCUT2D eigenvalue weighted by Gasteiger charge is 2.41. The quantitative estimate of drug-likeness (QED) is 0.0233. The Morgan fingerprint density at radius 3 is 0.860 bits per heavy atom. The van der Waals surface area contributed by atoms with E-state index in [9.17, 15) is 126 Å². The number of carbonyl (C=O) groups excluding carboxylic acids is 21. The number of aliphatic carboxylic acids is 1. The molecule has 48 nitrogen and oxygen atoms in total. The maximum atomic E-state index is 14.8. The number of nitrogens with two attached hydrogens (primary N) is 6. The van der Waals surface area contributed by atoms with E-state index in [0.717, 1.165) is 0 Å². The molecule has 51 heteroatoms. The number of amides is 21. The highest BCUT2D eigenvalue weighted by Crippen LogP contribution is 2.16. The molecule has 0 aliphatic heterocycles. The Morgan fingerprint density at radius 1 is 0.309 bits per heavy atom. The van der Waals surface area contributed by atoms with Crippen LogP contribution in [0.15, 0.2) is 91.0 Å². The van der Waals surface area contributed by atoms with Crippen LogP contribution in [0.1, 0.15) is 123 Å². The normalized spacial score (nSPS) is 15.3. The van der Waals surface area contributed by atoms with Gasteiger partial charge in [0.25, 0.3) is 0 Å². The third-order valence-electron chi connectivity index (χ3n) is 20.8. The van der Waals surface area contributed by atoms with E-state index in [2.05, 4.69) is 123 Å². The van der Waals surface area contributed by atoms with E-state index in [0.29, 0.717) is 23.1 Å². The number of carbonyl (C=O) groups is 22. The fourth-order valence-corrected chi connectivity index (χ4v) is 13.7. The number of rotatable bonds is 62. The second-order valence-corrected chi connectivity index (χ2v) is 33.8. The molecule has 0 saturated carbocycles. The van der Waals surface area contributed by atoms with Crippen molar-refractivity contribution in [3.63, 3.8) is 0 Å². The standard InChI is InChI=1S/C85H126N22O26S3/c1-8-42(6)66(91)82(129)107-68(43(7)110)84(131)99-52(31-46-22-16-11-17-23-46)72(119)101-57(36-109)78(125)105-59(38-135)79(126)96-50(29-44-18-12-9-13-19-44)71(118)95-51(30-45-20-14-10-15-21-45)73(120)103-58(37-134)80(127)98-53(32-63(88)113)74(121)97-54(33-64(89)114)76(123)104-60(39-136)81(128)102-56(35-108)77(124)92-47(24-26-61(86)111)69(116)106-67(41(4)5)83(130)100-55(34-65(90)115)75(122)94-49(28-40(2)3)70(117)93-48(85(132)133)25-27-62(87)112/h9-23,40-43,47-60,66-68,108-110,134-136H,8,24-39,91H2,1-7H3,(H2,86,111)(H2,87,112)(H2,88,113)(H2,89,114)(H2,90,115)(H,92,124)(H,93,117)(H,94,122)(H,95,118)(H,96,126)(H,97,121)(H,98,127)(H,99,131)(H,100,130)(H,101,119)(H,102,128)(H,103,120)(H,104,123)(H,105,125)(H,106,116)(H,107,129)(H,132,133)/t42-,43+,47-,48-,49-,50-,51-,52-,53-,54-,55-,56-,57-,58-,59-,60-,66-,67-,68-/m0/s1. The van der Waals surface area contributed by atoms with E-state index in [1.807, 2.05) is 0 Å². The number of primary amides is 5. The fraction of sp³-hybridized carbons (Fsp3) is 0.529. The predicted octanol–water partition coefficient (Wildman–Crippen LogP) is -10.1. The zero-order valence-electron chi connectivity index (χ0n) is 75.9. The van der Waals surface area contributed by atoms with E-state index in [1.54, 1.807) is 119 Å². The van der Waals surface area contributed by atoms with E-state index in [-0.39, 0.29) is 37.5 Å². The Bertz CT molecular complexity index is 4650. The van der Waals surface area contributed by atoms with Crippen molar-refractivity contribution < 1.29 is 126 Å². The second kappa shape index (κ2) is 59.6. The van der Waals surface area contributed by atoms with Crippen molar-refractivity contribution in [1.29, 1.82) is 0 Å². The molecule has 0 radical (unpaired) electrons. The van der Waals surface area contributed by atoms with Gasteiger partial charge in [-0.25, -0.2) is 4.79 Å². The number of benzene rings is 3. The molecule has 0 spiro atoms. The zero-order valence-corrected chi connectivity index (χ0v) is 78.6. The maximum absolute atomic E-state index is 14.8. The molecule has 0 aliphatic carbocycles. The van der Waals surface area contributed by atoms with Gasteiger partial charge >= 0.3 is 5.97 Å². The Hall–Kier alpha value is -13.1. The smallest absolute Gasteiger partial charge is 0.326 e. The van der Waals surface area contributed by atoms with Crippen LogP contribution < -0.4 is 119 Å². The Labute approximate surface area is 799 Å².